The molecule has 0 radical (unpaired) electrons. The van der Waals surface area contributed by atoms with Gasteiger partial charge in [0, 0.05) is 10.9 Å². The van der Waals surface area contributed by atoms with Crippen LogP contribution in [0.3, 0.4) is 0 Å². The fourth-order valence-corrected chi connectivity index (χ4v) is 2.51. The monoisotopic (exact) mass is 239 g/mol. The summed E-state index contributed by atoms with van der Waals surface area (Å²) in [5.74, 6) is 0.913. The van der Waals surface area contributed by atoms with E-state index in [1.165, 1.54) is 25.3 Å². The maximum atomic E-state index is 13.2. The van der Waals surface area contributed by atoms with Crippen molar-refractivity contribution in [2.24, 2.45) is 0 Å². The van der Waals surface area contributed by atoms with Crippen LogP contribution in [0.25, 0.3) is 0 Å². The quantitative estimate of drug-likeness (QED) is 0.578. The van der Waals surface area contributed by atoms with Gasteiger partial charge in [0.25, 0.3) is 0 Å². The molecule has 0 atom stereocenters. The lowest BCUT2D eigenvalue weighted by Gasteiger charge is -2.04. The Hall–Kier alpha value is -0.540. The van der Waals surface area contributed by atoms with Gasteiger partial charge in [-0.25, -0.2) is 4.39 Å². The predicted molar refractivity (Wildman–Crippen MR) is 67.4 cm³/mol. The molecule has 1 aliphatic carbocycles. The summed E-state index contributed by atoms with van der Waals surface area (Å²) in [7, 11) is 0. The Morgan fingerprint density at radius 1 is 1.25 bits per heavy atom. The molecule has 0 heterocycles. The third kappa shape index (κ3) is 4.14. The topological polar surface area (TPSA) is 12.0 Å². The minimum absolute atomic E-state index is 0.0939. The highest BCUT2D eigenvalue weighted by atomic mass is 32.2. The van der Waals surface area contributed by atoms with Crippen LogP contribution in [-0.4, -0.2) is 18.3 Å². The first-order chi connectivity index (χ1) is 7.86. The van der Waals surface area contributed by atoms with Gasteiger partial charge in [0.1, 0.15) is 5.82 Å². The van der Waals surface area contributed by atoms with E-state index in [9.17, 15) is 4.39 Å². The second kappa shape index (κ2) is 6.26. The molecule has 1 aromatic rings. The van der Waals surface area contributed by atoms with E-state index in [1.54, 1.807) is 17.8 Å². The summed E-state index contributed by atoms with van der Waals surface area (Å²) in [6, 6.07) is 7.80. The van der Waals surface area contributed by atoms with Gasteiger partial charge in [0.15, 0.2) is 0 Å². The maximum Gasteiger partial charge on any atom is 0.136 e. The van der Waals surface area contributed by atoms with E-state index in [2.05, 4.69) is 5.32 Å². The Balaban J connectivity index is 1.55. The molecule has 0 aliphatic heterocycles. The molecule has 0 unspecified atom stereocenters. The van der Waals surface area contributed by atoms with E-state index >= 15 is 0 Å². The first-order valence-electron chi connectivity index (χ1n) is 5.97. The van der Waals surface area contributed by atoms with Gasteiger partial charge in [-0.2, -0.15) is 0 Å². The van der Waals surface area contributed by atoms with E-state index < -0.39 is 0 Å². The minimum atomic E-state index is -0.0939. The first kappa shape index (κ1) is 11.9. The fraction of sp³-hybridized carbons (Fsp3) is 0.538. The van der Waals surface area contributed by atoms with Crippen LogP contribution in [0.1, 0.15) is 25.7 Å². The number of rotatable bonds is 7. The van der Waals surface area contributed by atoms with Crippen molar-refractivity contribution in [1.29, 1.82) is 0 Å². The highest BCUT2D eigenvalue weighted by Crippen LogP contribution is 2.22. The van der Waals surface area contributed by atoms with Crippen LogP contribution in [0, 0.1) is 5.82 Å². The van der Waals surface area contributed by atoms with Gasteiger partial charge in [-0.1, -0.05) is 12.1 Å². The molecule has 0 amide bonds. The Labute approximate surface area is 101 Å². The largest absolute Gasteiger partial charge is 0.314 e. The highest BCUT2D eigenvalue weighted by Gasteiger charge is 2.19. The van der Waals surface area contributed by atoms with E-state index in [0.29, 0.717) is 0 Å². The highest BCUT2D eigenvalue weighted by molar-refractivity contribution is 7.99. The van der Waals surface area contributed by atoms with Crippen molar-refractivity contribution < 1.29 is 4.39 Å². The lowest BCUT2D eigenvalue weighted by Crippen LogP contribution is -2.17. The number of benzene rings is 1. The van der Waals surface area contributed by atoms with Crippen molar-refractivity contribution in [2.45, 2.75) is 36.6 Å². The summed E-state index contributed by atoms with van der Waals surface area (Å²) in [4.78, 5) is 0.776. The predicted octanol–water partition coefficient (Wildman–Crippen LogP) is 3.45. The summed E-state index contributed by atoms with van der Waals surface area (Å²) in [5.41, 5.74) is 0. The molecule has 0 saturated heterocycles. The zero-order chi connectivity index (χ0) is 11.2. The Bertz CT molecular complexity index is 325. The second-order valence-corrected chi connectivity index (χ2v) is 5.35. The summed E-state index contributed by atoms with van der Waals surface area (Å²) >= 11 is 1.62. The van der Waals surface area contributed by atoms with Gasteiger partial charge >= 0.3 is 0 Å². The van der Waals surface area contributed by atoms with Crippen LogP contribution >= 0.6 is 11.8 Å². The second-order valence-electron chi connectivity index (χ2n) is 4.21. The average Bonchev–Trinajstić information content (AvgIpc) is 3.09. The van der Waals surface area contributed by atoms with Gasteiger partial charge in [-0.05, 0) is 50.1 Å². The summed E-state index contributed by atoms with van der Waals surface area (Å²) in [5, 5.41) is 3.48. The molecule has 1 nitrogen and oxygen atoms in total. The first-order valence-corrected chi connectivity index (χ1v) is 6.95. The zero-order valence-electron chi connectivity index (χ0n) is 9.42. The van der Waals surface area contributed by atoms with Crippen molar-refractivity contribution in [3.63, 3.8) is 0 Å². The van der Waals surface area contributed by atoms with Crippen molar-refractivity contribution >= 4 is 11.8 Å². The summed E-state index contributed by atoms with van der Waals surface area (Å²) in [6.07, 6.45) is 5.05. The van der Waals surface area contributed by atoms with Gasteiger partial charge in [0.2, 0.25) is 0 Å². The molecule has 0 aromatic heterocycles. The molecule has 0 bridgehead atoms. The summed E-state index contributed by atoms with van der Waals surface area (Å²) in [6.45, 7) is 1.11. The zero-order valence-corrected chi connectivity index (χ0v) is 10.2. The Morgan fingerprint density at radius 2 is 2.06 bits per heavy atom. The van der Waals surface area contributed by atoms with Gasteiger partial charge < -0.3 is 5.32 Å². The number of unbranched alkanes of at least 4 members (excludes halogenated alkanes) is 1. The Kier molecular flexibility index (Phi) is 4.67. The molecular formula is C13H18FNS. The van der Waals surface area contributed by atoms with E-state index in [1.807, 2.05) is 12.1 Å². The molecule has 1 saturated carbocycles. The molecule has 3 heteroatoms. The molecular weight excluding hydrogens is 221 g/mol. The lowest BCUT2D eigenvalue weighted by molar-refractivity contribution is 0.601. The maximum absolute atomic E-state index is 13.2. The molecule has 1 aromatic carbocycles. The molecule has 2 rings (SSSR count). The van der Waals surface area contributed by atoms with Crippen molar-refractivity contribution in [1.82, 2.24) is 5.32 Å². The minimum Gasteiger partial charge on any atom is -0.314 e. The van der Waals surface area contributed by atoms with Crippen LogP contribution in [0.5, 0.6) is 0 Å². The van der Waals surface area contributed by atoms with Crippen LogP contribution in [0.4, 0.5) is 4.39 Å². The molecule has 16 heavy (non-hydrogen) atoms. The number of nitrogens with one attached hydrogen (secondary N) is 1. The van der Waals surface area contributed by atoms with Crippen LogP contribution < -0.4 is 5.32 Å². The van der Waals surface area contributed by atoms with Crippen molar-refractivity contribution in [3.8, 4) is 0 Å². The molecule has 88 valence electrons. The van der Waals surface area contributed by atoms with Gasteiger partial charge in [-0.3, -0.25) is 0 Å². The fourth-order valence-electron chi connectivity index (χ4n) is 1.56. The number of thioether (sulfide) groups is 1. The smallest absolute Gasteiger partial charge is 0.136 e. The Morgan fingerprint density at radius 3 is 2.81 bits per heavy atom. The summed E-state index contributed by atoms with van der Waals surface area (Å²) < 4.78 is 13.2. The van der Waals surface area contributed by atoms with Crippen LogP contribution in [0.2, 0.25) is 0 Å². The third-order valence-electron chi connectivity index (χ3n) is 2.68. The number of halogens is 1. The SMILES string of the molecule is Fc1ccccc1SCCCCNC1CC1. The normalized spacial score (nSPS) is 15.3. The molecule has 0 spiro atoms. The average molecular weight is 239 g/mol. The third-order valence-corrected chi connectivity index (χ3v) is 3.81. The van der Waals surface area contributed by atoms with E-state index in [0.717, 1.165) is 29.7 Å². The van der Waals surface area contributed by atoms with Crippen molar-refractivity contribution in [3.05, 3.63) is 30.1 Å². The van der Waals surface area contributed by atoms with Gasteiger partial charge in [0.05, 0.1) is 0 Å². The van der Waals surface area contributed by atoms with Crippen LogP contribution in [0.15, 0.2) is 29.2 Å². The number of hydrogen-bond acceptors (Lipinski definition) is 2. The van der Waals surface area contributed by atoms with E-state index in [-0.39, 0.29) is 5.82 Å². The molecule has 1 aliphatic rings. The molecule has 1 N–H and O–H groups in total. The standard InChI is InChI=1S/C13H18FNS/c14-12-5-1-2-6-13(12)16-10-4-3-9-15-11-7-8-11/h1-2,5-6,11,15H,3-4,7-10H2. The lowest BCUT2D eigenvalue weighted by atomic mass is 10.3. The van der Waals surface area contributed by atoms with Crippen molar-refractivity contribution in [2.75, 3.05) is 12.3 Å². The molecule has 1 fully saturated rings. The van der Waals surface area contributed by atoms with Crippen LogP contribution in [-0.2, 0) is 0 Å². The van der Waals surface area contributed by atoms with Gasteiger partial charge in [-0.15, -0.1) is 11.8 Å². The van der Waals surface area contributed by atoms with E-state index in [4.69, 9.17) is 0 Å². The number of hydrogen-bond donors (Lipinski definition) is 1.